The van der Waals surface area contributed by atoms with Crippen molar-refractivity contribution in [2.75, 3.05) is 0 Å². The lowest BCUT2D eigenvalue weighted by molar-refractivity contribution is 0.108. The van der Waals surface area contributed by atoms with Gasteiger partial charge in [0.1, 0.15) is 0 Å². The summed E-state index contributed by atoms with van der Waals surface area (Å²) >= 11 is 6.77. The Morgan fingerprint density at radius 3 is 2.50 bits per heavy atom. The van der Waals surface area contributed by atoms with Crippen molar-refractivity contribution in [2.24, 2.45) is 0 Å². The minimum absolute atomic E-state index is 0.123. The van der Waals surface area contributed by atoms with Crippen molar-refractivity contribution >= 4 is 28.5 Å². The topological polar surface area (TPSA) is 56.0 Å². The van der Waals surface area contributed by atoms with E-state index in [1.807, 2.05) is 42.5 Å². The zero-order valence-corrected chi connectivity index (χ0v) is 13.0. The van der Waals surface area contributed by atoms with E-state index in [0.717, 1.165) is 17.3 Å². The third-order valence-corrected chi connectivity index (χ3v) is 3.92. The van der Waals surface area contributed by atoms with Crippen LogP contribution in [0.25, 0.3) is 0 Å². The summed E-state index contributed by atoms with van der Waals surface area (Å²) in [6.45, 7) is 0. The summed E-state index contributed by atoms with van der Waals surface area (Å²) < 4.78 is 5.50. The molecule has 4 nitrogen and oxygen atoms in total. The predicted molar refractivity (Wildman–Crippen MR) is 85.2 cm³/mol. The van der Waals surface area contributed by atoms with Gasteiger partial charge in [-0.1, -0.05) is 54.1 Å². The van der Waals surface area contributed by atoms with Crippen molar-refractivity contribution in [3.05, 3.63) is 76.6 Å². The van der Waals surface area contributed by atoms with Crippen LogP contribution in [0.15, 0.2) is 64.2 Å². The van der Waals surface area contributed by atoms with Crippen molar-refractivity contribution in [3.63, 3.8) is 0 Å². The van der Waals surface area contributed by atoms with Gasteiger partial charge >= 0.3 is 0 Å². The highest BCUT2D eigenvalue weighted by atomic mass is 35.5. The van der Waals surface area contributed by atoms with Crippen LogP contribution in [0, 0.1) is 0 Å². The molecule has 0 aliphatic carbocycles. The standard InChI is InChI=1S/C16H11ClN2O2S/c17-13-8-6-11(7-9-13)10-14-18-19-16(21-14)22-15(20)12-4-2-1-3-5-12/h1-9H,10H2. The number of carbonyl (C=O) groups excluding carboxylic acids is 1. The van der Waals surface area contributed by atoms with Crippen LogP contribution in [-0.2, 0) is 6.42 Å². The molecule has 1 aromatic heterocycles. The Bertz CT molecular complexity index is 772. The highest BCUT2D eigenvalue weighted by molar-refractivity contribution is 8.14. The Labute approximate surface area is 136 Å². The Morgan fingerprint density at radius 2 is 1.77 bits per heavy atom. The van der Waals surface area contributed by atoms with Crippen molar-refractivity contribution in [3.8, 4) is 0 Å². The smallest absolute Gasteiger partial charge is 0.284 e. The molecule has 0 spiro atoms. The first-order valence-corrected chi connectivity index (χ1v) is 7.74. The largest absolute Gasteiger partial charge is 0.415 e. The van der Waals surface area contributed by atoms with E-state index in [-0.39, 0.29) is 10.3 Å². The van der Waals surface area contributed by atoms with Crippen molar-refractivity contribution in [1.29, 1.82) is 0 Å². The number of halogens is 1. The summed E-state index contributed by atoms with van der Waals surface area (Å²) in [7, 11) is 0. The van der Waals surface area contributed by atoms with E-state index in [1.165, 1.54) is 0 Å². The van der Waals surface area contributed by atoms with Crippen LogP contribution in [0.4, 0.5) is 0 Å². The second kappa shape index (κ2) is 6.77. The molecule has 0 amide bonds. The molecule has 1 heterocycles. The molecular weight excluding hydrogens is 320 g/mol. The summed E-state index contributed by atoms with van der Waals surface area (Å²) in [6, 6.07) is 16.4. The monoisotopic (exact) mass is 330 g/mol. The molecule has 2 aromatic carbocycles. The second-order valence-corrected chi connectivity index (χ2v) is 5.88. The molecule has 0 radical (unpaired) electrons. The molecule has 110 valence electrons. The summed E-state index contributed by atoms with van der Waals surface area (Å²) in [4.78, 5) is 12.0. The first-order chi connectivity index (χ1) is 10.7. The van der Waals surface area contributed by atoms with E-state index >= 15 is 0 Å². The molecule has 6 heteroatoms. The lowest BCUT2D eigenvalue weighted by atomic mass is 10.1. The molecule has 0 aliphatic rings. The van der Waals surface area contributed by atoms with Gasteiger partial charge < -0.3 is 4.42 Å². The molecule has 0 fully saturated rings. The van der Waals surface area contributed by atoms with Gasteiger partial charge in [-0.15, -0.1) is 10.2 Å². The fourth-order valence-electron chi connectivity index (χ4n) is 1.84. The fourth-order valence-corrected chi connectivity index (χ4v) is 2.60. The van der Waals surface area contributed by atoms with Crippen LogP contribution >= 0.6 is 23.4 Å². The Morgan fingerprint density at radius 1 is 1.05 bits per heavy atom. The van der Waals surface area contributed by atoms with Gasteiger partial charge in [-0.3, -0.25) is 4.79 Å². The summed E-state index contributed by atoms with van der Waals surface area (Å²) in [5, 5.41) is 8.66. The molecule has 22 heavy (non-hydrogen) atoms. The SMILES string of the molecule is O=C(Sc1nnc(Cc2ccc(Cl)cc2)o1)c1ccccc1. The highest BCUT2D eigenvalue weighted by Crippen LogP contribution is 2.22. The van der Waals surface area contributed by atoms with Gasteiger partial charge in [0.2, 0.25) is 11.0 Å². The lowest BCUT2D eigenvalue weighted by Crippen LogP contribution is -1.92. The maximum Gasteiger partial charge on any atom is 0.284 e. The van der Waals surface area contributed by atoms with Crippen molar-refractivity contribution in [2.45, 2.75) is 11.6 Å². The maximum atomic E-state index is 12.0. The van der Waals surface area contributed by atoms with Crippen LogP contribution < -0.4 is 0 Å². The molecule has 0 saturated carbocycles. The maximum absolute atomic E-state index is 12.0. The minimum atomic E-state index is -0.123. The Balaban J connectivity index is 1.66. The van der Waals surface area contributed by atoms with Crippen molar-refractivity contribution < 1.29 is 9.21 Å². The second-order valence-electron chi connectivity index (χ2n) is 4.52. The van der Waals surface area contributed by atoms with Gasteiger partial charge in [0, 0.05) is 22.3 Å². The van der Waals surface area contributed by atoms with Crippen LogP contribution in [-0.4, -0.2) is 15.3 Å². The number of rotatable bonds is 4. The summed E-state index contributed by atoms with van der Waals surface area (Å²) in [6.07, 6.45) is 0.504. The zero-order chi connectivity index (χ0) is 15.4. The predicted octanol–water partition coefficient (Wildman–Crippen LogP) is 4.25. The summed E-state index contributed by atoms with van der Waals surface area (Å²) in [5.74, 6) is 0.464. The Hall–Kier alpha value is -2.11. The van der Waals surface area contributed by atoms with Crippen LogP contribution in [0.1, 0.15) is 21.8 Å². The molecule has 0 saturated heterocycles. The first-order valence-electron chi connectivity index (χ1n) is 6.55. The zero-order valence-electron chi connectivity index (χ0n) is 11.4. The van der Waals surface area contributed by atoms with Gasteiger partial charge in [0.05, 0.1) is 6.42 Å². The average Bonchev–Trinajstić information content (AvgIpc) is 2.97. The molecule has 3 rings (SSSR count). The summed E-state index contributed by atoms with van der Waals surface area (Å²) in [5.41, 5.74) is 1.61. The van der Waals surface area contributed by atoms with Gasteiger partial charge in [0.25, 0.3) is 5.22 Å². The van der Waals surface area contributed by atoms with Gasteiger partial charge in [-0.2, -0.15) is 0 Å². The number of nitrogens with zero attached hydrogens (tertiary/aromatic N) is 2. The van der Waals surface area contributed by atoms with Gasteiger partial charge in [-0.25, -0.2) is 0 Å². The molecule has 0 unspecified atom stereocenters. The number of hydrogen-bond donors (Lipinski definition) is 0. The first kappa shape index (κ1) is 14.8. The number of benzene rings is 2. The van der Waals surface area contributed by atoms with Crippen LogP contribution in [0.2, 0.25) is 5.02 Å². The van der Waals surface area contributed by atoms with Crippen molar-refractivity contribution in [1.82, 2.24) is 10.2 Å². The molecule has 3 aromatic rings. The quantitative estimate of drug-likeness (QED) is 0.669. The minimum Gasteiger partial charge on any atom is -0.415 e. The molecular formula is C16H11ClN2O2S. The highest BCUT2D eigenvalue weighted by Gasteiger charge is 2.14. The normalized spacial score (nSPS) is 10.6. The molecule has 0 bridgehead atoms. The third kappa shape index (κ3) is 3.75. The Kier molecular flexibility index (Phi) is 4.56. The van der Waals surface area contributed by atoms with E-state index in [4.69, 9.17) is 16.0 Å². The van der Waals surface area contributed by atoms with E-state index in [9.17, 15) is 4.79 Å². The number of hydrogen-bond acceptors (Lipinski definition) is 5. The third-order valence-electron chi connectivity index (χ3n) is 2.91. The molecule has 0 aliphatic heterocycles. The lowest BCUT2D eigenvalue weighted by Gasteiger charge is -1.97. The van der Waals surface area contributed by atoms with Crippen LogP contribution in [0.5, 0.6) is 0 Å². The van der Waals surface area contributed by atoms with E-state index in [0.29, 0.717) is 22.9 Å². The van der Waals surface area contributed by atoms with E-state index in [1.54, 1.807) is 12.1 Å². The van der Waals surface area contributed by atoms with E-state index < -0.39 is 0 Å². The molecule has 0 atom stereocenters. The van der Waals surface area contributed by atoms with Gasteiger partial charge in [-0.05, 0) is 17.7 Å². The van der Waals surface area contributed by atoms with Gasteiger partial charge in [0.15, 0.2) is 0 Å². The van der Waals surface area contributed by atoms with Crippen LogP contribution in [0.3, 0.4) is 0 Å². The fraction of sp³-hybridized carbons (Fsp3) is 0.0625. The van der Waals surface area contributed by atoms with E-state index in [2.05, 4.69) is 10.2 Å². The number of aromatic nitrogens is 2. The number of carbonyl (C=O) groups is 1. The molecule has 0 N–H and O–H groups in total. The average molecular weight is 331 g/mol. The number of thioether (sulfide) groups is 1.